The maximum absolute atomic E-state index is 13.1. The first-order valence-electron chi connectivity index (χ1n) is 15.6. The lowest BCUT2D eigenvalue weighted by molar-refractivity contribution is -0.141. The van der Waals surface area contributed by atoms with Crippen LogP contribution >= 0.6 is 12.6 Å². The fourth-order valence-corrected chi connectivity index (χ4v) is 5.04. The number of nitrogens with zero attached hydrogens (tertiary/aromatic N) is 1. The van der Waals surface area contributed by atoms with Crippen LogP contribution in [0.5, 0.6) is 0 Å². The normalized spacial score (nSPS) is 16.8. The van der Waals surface area contributed by atoms with Crippen LogP contribution in [0.15, 0.2) is 0 Å². The van der Waals surface area contributed by atoms with Gasteiger partial charge in [0, 0.05) is 12.3 Å². The van der Waals surface area contributed by atoms with Crippen LogP contribution in [-0.2, 0) is 38.4 Å². The second-order valence-corrected chi connectivity index (χ2v) is 12.6. The molecule has 7 amide bonds. The summed E-state index contributed by atoms with van der Waals surface area (Å²) in [4.78, 5) is 101. The summed E-state index contributed by atoms with van der Waals surface area (Å²) in [6, 6.07) is -5.13. The van der Waals surface area contributed by atoms with Crippen molar-refractivity contribution < 1.29 is 43.5 Å². The molecule has 1 fully saturated rings. The van der Waals surface area contributed by atoms with Crippen molar-refractivity contribution in [2.75, 3.05) is 31.9 Å². The molecule has 5 atom stereocenters. The Hall–Kier alpha value is -3.93. The summed E-state index contributed by atoms with van der Waals surface area (Å²) in [5.74, 6) is -5.77. The number of nitrogens with one attached hydrogen (secondary N) is 6. The first kappa shape index (κ1) is 41.1. The van der Waals surface area contributed by atoms with Crippen LogP contribution in [0.4, 0.5) is 0 Å². The number of carbonyl (C=O) groups excluding carboxylic acids is 7. The van der Waals surface area contributed by atoms with E-state index in [9.17, 15) is 38.4 Å². The standard InChI is InChI=1S/C29H50N8O9S/c1-15(2)9-18(36-28(44)21-7-6-8-37(21)24(40)11-30)26(42)32-13-22(38)34-19(10-16(3)4)27(43)33-17(5)25(41)31-12-23(39)35-20(14-47)29(45)46/h15-21,47H,6-14,30H2,1-5H3,(H,31,41)(H,32,42)(H,33,43)(H,34,38)(H,35,39)(H,36,44)(H,45,46)/t17-,18-,19-,20-,21-/m0/s1. The van der Waals surface area contributed by atoms with E-state index < -0.39 is 84.7 Å². The molecule has 0 aromatic carbocycles. The van der Waals surface area contributed by atoms with Crippen LogP contribution in [0.3, 0.4) is 0 Å². The van der Waals surface area contributed by atoms with Gasteiger partial charge < -0.3 is 47.6 Å². The number of amides is 7. The molecule has 1 saturated heterocycles. The first-order valence-corrected chi connectivity index (χ1v) is 16.2. The highest BCUT2D eigenvalue weighted by Gasteiger charge is 2.35. The van der Waals surface area contributed by atoms with Crippen molar-refractivity contribution in [1.29, 1.82) is 0 Å². The number of hydrogen-bond acceptors (Lipinski definition) is 10. The van der Waals surface area contributed by atoms with Crippen molar-refractivity contribution in [3.63, 3.8) is 0 Å². The highest BCUT2D eigenvalue weighted by atomic mass is 32.1. The number of nitrogens with two attached hydrogens (primary N) is 1. The Morgan fingerprint density at radius 3 is 1.77 bits per heavy atom. The van der Waals surface area contributed by atoms with Crippen LogP contribution in [0.2, 0.25) is 0 Å². The molecule has 1 heterocycles. The van der Waals surface area contributed by atoms with Gasteiger partial charge in [-0.3, -0.25) is 33.6 Å². The number of likely N-dealkylation sites (tertiary alicyclic amines) is 1. The Morgan fingerprint density at radius 1 is 0.766 bits per heavy atom. The predicted octanol–water partition coefficient (Wildman–Crippen LogP) is -2.77. The Labute approximate surface area is 280 Å². The topological polar surface area (TPSA) is 258 Å². The van der Waals surface area contributed by atoms with Gasteiger partial charge in [0.05, 0.1) is 19.6 Å². The van der Waals surface area contributed by atoms with Crippen LogP contribution in [0.1, 0.15) is 60.3 Å². The lowest BCUT2D eigenvalue weighted by Gasteiger charge is -2.27. The molecule has 1 rings (SSSR count). The molecule has 0 aromatic rings. The lowest BCUT2D eigenvalue weighted by Crippen LogP contribution is -2.56. The van der Waals surface area contributed by atoms with Gasteiger partial charge in [-0.1, -0.05) is 27.7 Å². The molecule has 47 heavy (non-hydrogen) atoms. The van der Waals surface area contributed by atoms with Crippen LogP contribution in [-0.4, -0.2) is 119 Å². The Morgan fingerprint density at radius 2 is 1.28 bits per heavy atom. The minimum absolute atomic E-state index is 0.00706. The lowest BCUT2D eigenvalue weighted by atomic mass is 10.0. The van der Waals surface area contributed by atoms with Gasteiger partial charge in [-0.25, -0.2) is 4.79 Å². The number of carboxylic acid groups (broad SMARTS) is 1. The molecule has 9 N–H and O–H groups in total. The van der Waals surface area contributed by atoms with Gasteiger partial charge in [0.25, 0.3) is 0 Å². The van der Waals surface area contributed by atoms with Gasteiger partial charge >= 0.3 is 5.97 Å². The van der Waals surface area contributed by atoms with E-state index in [1.54, 1.807) is 0 Å². The van der Waals surface area contributed by atoms with Crippen molar-refractivity contribution >= 4 is 59.9 Å². The molecular formula is C29H50N8O9S. The quantitative estimate of drug-likeness (QED) is 0.0632. The minimum Gasteiger partial charge on any atom is -0.480 e. The van der Waals surface area contributed by atoms with E-state index >= 15 is 0 Å². The summed E-state index contributed by atoms with van der Waals surface area (Å²) >= 11 is 3.85. The maximum Gasteiger partial charge on any atom is 0.327 e. The third-order valence-corrected chi connectivity index (χ3v) is 7.53. The number of carbonyl (C=O) groups is 8. The molecule has 17 nitrogen and oxygen atoms in total. The van der Waals surface area contributed by atoms with E-state index in [-0.39, 0.29) is 42.9 Å². The van der Waals surface area contributed by atoms with Gasteiger partial charge in [0.1, 0.15) is 30.2 Å². The molecule has 1 aliphatic rings. The smallest absolute Gasteiger partial charge is 0.327 e. The zero-order valence-corrected chi connectivity index (χ0v) is 28.5. The third-order valence-electron chi connectivity index (χ3n) is 7.16. The van der Waals surface area contributed by atoms with Crippen LogP contribution < -0.4 is 37.6 Å². The molecule has 1 aliphatic heterocycles. The number of thiol groups is 1. The van der Waals surface area contributed by atoms with Crippen molar-refractivity contribution in [1.82, 2.24) is 36.8 Å². The molecule has 18 heteroatoms. The first-order chi connectivity index (χ1) is 22.0. The maximum atomic E-state index is 13.1. The van der Waals surface area contributed by atoms with E-state index in [4.69, 9.17) is 10.8 Å². The summed E-state index contributed by atoms with van der Waals surface area (Å²) in [5, 5.41) is 23.7. The number of aliphatic carboxylic acids is 1. The van der Waals surface area contributed by atoms with E-state index in [0.717, 1.165) is 0 Å². The van der Waals surface area contributed by atoms with Crippen molar-refractivity contribution in [3.05, 3.63) is 0 Å². The second kappa shape index (κ2) is 20.3. The highest BCUT2D eigenvalue weighted by molar-refractivity contribution is 7.80. The van der Waals surface area contributed by atoms with Crippen LogP contribution in [0.25, 0.3) is 0 Å². The number of carboxylic acids is 1. The van der Waals surface area contributed by atoms with Crippen molar-refractivity contribution in [2.24, 2.45) is 17.6 Å². The average molecular weight is 687 g/mol. The van der Waals surface area contributed by atoms with E-state index in [1.165, 1.54) is 11.8 Å². The predicted molar refractivity (Wildman–Crippen MR) is 174 cm³/mol. The molecule has 0 unspecified atom stereocenters. The zero-order valence-electron chi connectivity index (χ0n) is 27.6. The van der Waals surface area contributed by atoms with Crippen molar-refractivity contribution in [2.45, 2.75) is 90.5 Å². The highest BCUT2D eigenvalue weighted by Crippen LogP contribution is 2.18. The molecule has 0 saturated carbocycles. The number of hydrogen-bond donors (Lipinski definition) is 9. The molecule has 0 spiro atoms. The third kappa shape index (κ3) is 14.6. The summed E-state index contributed by atoms with van der Waals surface area (Å²) < 4.78 is 0. The summed E-state index contributed by atoms with van der Waals surface area (Å²) in [6.07, 6.45) is 1.54. The molecule has 0 aromatic heterocycles. The van der Waals surface area contributed by atoms with Gasteiger partial charge in [-0.15, -0.1) is 0 Å². The molecule has 0 bridgehead atoms. The summed E-state index contributed by atoms with van der Waals surface area (Å²) in [5.41, 5.74) is 5.46. The minimum atomic E-state index is -1.28. The van der Waals surface area contributed by atoms with E-state index in [2.05, 4.69) is 44.5 Å². The second-order valence-electron chi connectivity index (χ2n) is 12.2. The summed E-state index contributed by atoms with van der Waals surface area (Å²) in [7, 11) is 0. The average Bonchev–Trinajstić information content (AvgIpc) is 3.49. The number of rotatable bonds is 19. The Balaban J connectivity index is 2.76. The summed E-state index contributed by atoms with van der Waals surface area (Å²) in [6.45, 7) is 7.87. The van der Waals surface area contributed by atoms with Gasteiger partial charge in [-0.2, -0.15) is 12.6 Å². The SMILES string of the molecule is CC(C)C[C@H](NC(=O)CNC(=O)[C@H](CC(C)C)NC(=O)[C@@H]1CCCN1C(=O)CN)C(=O)N[C@@H](C)C(=O)NCC(=O)N[C@@H](CS)C(=O)O. The fourth-order valence-electron chi connectivity index (χ4n) is 4.80. The zero-order chi connectivity index (χ0) is 35.8. The van der Waals surface area contributed by atoms with Crippen molar-refractivity contribution in [3.8, 4) is 0 Å². The van der Waals surface area contributed by atoms with Gasteiger partial charge in [-0.05, 0) is 44.4 Å². The molecular weight excluding hydrogens is 636 g/mol. The van der Waals surface area contributed by atoms with Gasteiger partial charge in [0.2, 0.25) is 41.4 Å². The van der Waals surface area contributed by atoms with E-state index in [0.29, 0.717) is 19.4 Å². The molecule has 266 valence electrons. The molecule has 0 radical (unpaired) electrons. The van der Waals surface area contributed by atoms with Gasteiger partial charge in [0.15, 0.2) is 0 Å². The monoisotopic (exact) mass is 686 g/mol. The van der Waals surface area contributed by atoms with E-state index in [1.807, 2.05) is 27.7 Å². The Kier molecular flexibility index (Phi) is 17.8. The Bertz CT molecular complexity index is 1150. The largest absolute Gasteiger partial charge is 0.480 e. The molecule has 0 aliphatic carbocycles. The van der Waals surface area contributed by atoms with Crippen LogP contribution in [0, 0.1) is 11.8 Å². The fraction of sp³-hybridized carbons (Fsp3) is 0.724.